The average molecular weight is 245 g/mol. The summed E-state index contributed by atoms with van der Waals surface area (Å²) in [5.74, 6) is 0.595. The van der Waals surface area contributed by atoms with E-state index < -0.39 is 0 Å². The van der Waals surface area contributed by atoms with Crippen LogP contribution in [0.5, 0.6) is 0 Å². The Morgan fingerprint density at radius 1 is 1.18 bits per heavy atom. The van der Waals surface area contributed by atoms with E-state index >= 15 is 0 Å². The molecule has 1 nitrogen and oxygen atoms in total. The van der Waals surface area contributed by atoms with Gasteiger partial charge in [0.15, 0.2) is 0 Å². The number of hydrogen-bond acceptors (Lipinski definition) is 2. The summed E-state index contributed by atoms with van der Waals surface area (Å²) in [6, 6.07) is 8.91. The number of aromatic nitrogens is 1. The van der Waals surface area contributed by atoms with Gasteiger partial charge in [-0.25, -0.2) is 4.98 Å². The van der Waals surface area contributed by atoms with Crippen LogP contribution in [0.1, 0.15) is 43.0 Å². The lowest BCUT2D eigenvalue weighted by Gasteiger charge is -2.06. The predicted molar refractivity (Wildman–Crippen MR) is 75.8 cm³/mol. The molecule has 2 aromatic rings. The highest BCUT2D eigenvalue weighted by atomic mass is 32.1. The van der Waals surface area contributed by atoms with Gasteiger partial charge in [-0.2, -0.15) is 0 Å². The van der Waals surface area contributed by atoms with E-state index in [4.69, 9.17) is 0 Å². The van der Waals surface area contributed by atoms with Gasteiger partial charge in [0.2, 0.25) is 0 Å². The van der Waals surface area contributed by atoms with Crippen molar-refractivity contribution < 1.29 is 0 Å². The van der Waals surface area contributed by atoms with E-state index in [0.717, 1.165) is 11.4 Å². The minimum Gasteiger partial charge on any atom is -0.246 e. The van der Waals surface area contributed by atoms with E-state index in [1.54, 1.807) is 11.3 Å². The van der Waals surface area contributed by atoms with Gasteiger partial charge in [-0.15, -0.1) is 11.3 Å². The van der Waals surface area contributed by atoms with E-state index in [9.17, 15) is 0 Å². The van der Waals surface area contributed by atoms with Gasteiger partial charge in [0.05, 0.1) is 15.6 Å². The molecular formula is C15H19NS. The predicted octanol–water partition coefficient (Wildman–Crippen LogP) is 4.80. The summed E-state index contributed by atoms with van der Waals surface area (Å²) >= 11 is 1.80. The van der Waals surface area contributed by atoms with Gasteiger partial charge in [0.1, 0.15) is 0 Å². The van der Waals surface area contributed by atoms with Gasteiger partial charge < -0.3 is 0 Å². The SMILES string of the molecule is CCc1nc(C)sc1-c1ccc(C(C)C)cc1. The van der Waals surface area contributed by atoms with Crippen molar-refractivity contribution >= 4 is 11.3 Å². The van der Waals surface area contributed by atoms with Gasteiger partial charge in [-0.05, 0) is 30.4 Å². The molecule has 0 N–H and O–H groups in total. The molecule has 0 aliphatic rings. The number of thiazole rings is 1. The van der Waals surface area contributed by atoms with Gasteiger partial charge in [-0.3, -0.25) is 0 Å². The molecule has 1 aromatic carbocycles. The minimum absolute atomic E-state index is 0.595. The zero-order valence-corrected chi connectivity index (χ0v) is 11.8. The summed E-state index contributed by atoms with van der Waals surface area (Å²) in [7, 11) is 0. The lowest BCUT2D eigenvalue weighted by Crippen LogP contribution is -1.88. The van der Waals surface area contributed by atoms with Crippen LogP contribution in [0, 0.1) is 6.92 Å². The quantitative estimate of drug-likeness (QED) is 0.756. The molecule has 0 aliphatic heterocycles. The highest BCUT2D eigenvalue weighted by Gasteiger charge is 2.09. The van der Waals surface area contributed by atoms with Crippen molar-refractivity contribution in [2.75, 3.05) is 0 Å². The fourth-order valence-corrected chi connectivity index (χ4v) is 2.97. The Kier molecular flexibility index (Phi) is 3.63. The van der Waals surface area contributed by atoms with Gasteiger partial charge in [0.25, 0.3) is 0 Å². The fraction of sp³-hybridized carbons (Fsp3) is 0.400. The van der Waals surface area contributed by atoms with Crippen molar-refractivity contribution in [1.29, 1.82) is 0 Å². The molecular weight excluding hydrogens is 226 g/mol. The fourth-order valence-electron chi connectivity index (χ4n) is 1.95. The first-order valence-corrected chi connectivity index (χ1v) is 7.00. The third kappa shape index (κ3) is 2.58. The number of rotatable bonds is 3. The zero-order valence-electron chi connectivity index (χ0n) is 10.9. The summed E-state index contributed by atoms with van der Waals surface area (Å²) < 4.78 is 0. The third-order valence-corrected chi connectivity index (χ3v) is 4.04. The second-order valence-electron chi connectivity index (χ2n) is 4.64. The summed E-state index contributed by atoms with van der Waals surface area (Å²) in [6.07, 6.45) is 1.01. The first-order chi connectivity index (χ1) is 8.11. The van der Waals surface area contributed by atoms with Gasteiger partial charge in [0, 0.05) is 0 Å². The molecule has 2 rings (SSSR count). The normalized spacial score (nSPS) is 11.1. The van der Waals surface area contributed by atoms with Crippen LogP contribution in [-0.2, 0) is 6.42 Å². The van der Waals surface area contributed by atoms with Crippen molar-refractivity contribution in [2.24, 2.45) is 0 Å². The van der Waals surface area contributed by atoms with Crippen LogP contribution in [0.4, 0.5) is 0 Å². The summed E-state index contributed by atoms with van der Waals surface area (Å²) in [5, 5.41) is 1.16. The number of aryl methyl sites for hydroxylation is 2. The minimum atomic E-state index is 0.595. The molecule has 0 atom stereocenters. The van der Waals surface area contributed by atoms with Crippen molar-refractivity contribution in [3.05, 3.63) is 40.5 Å². The Balaban J connectivity index is 2.39. The molecule has 0 saturated heterocycles. The molecule has 0 radical (unpaired) electrons. The average Bonchev–Trinajstić information content (AvgIpc) is 2.70. The van der Waals surface area contributed by atoms with Crippen molar-refractivity contribution in [2.45, 2.75) is 40.0 Å². The topological polar surface area (TPSA) is 12.9 Å². The number of nitrogens with zero attached hydrogens (tertiary/aromatic N) is 1. The second kappa shape index (κ2) is 5.01. The Morgan fingerprint density at radius 2 is 1.82 bits per heavy atom. The van der Waals surface area contributed by atoms with Crippen molar-refractivity contribution in [3.63, 3.8) is 0 Å². The maximum absolute atomic E-state index is 4.58. The highest BCUT2D eigenvalue weighted by Crippen LogP contribution is 2.31. The van der Waals surface area contributed by atoms with Crippen LogP contribution in [-0.4, -0.2) is 4.98 Å². The monoisotopic (exact) mass is 245 g/mol. The van der Waals surface area contributed by atoms with Crippen LogP contribution in [0.15, 0.2) is 24.3 Å². The van der Waals surface area contributed by atoms with Crippen LogP contribution < -0.4 is 0 Å². The molecule has 2 heteroatoms. The maximum atomic E-state index is 4.58. The molecule has 0 spiro atoms. The molecule has 1 aromatic heterocycles. The zero-order chi connectivity index (χ0) is 12.4. The molecule has 1 heterocycles. The molecule has 0 bridgehead atoms. The Labute approximate surface area is 108 Å². The molecule has 0 fully saturated rings. The molecule has 90 valence electrons. The first-order valence-electron chi connectivity index (χ1n) is 6.18. The second-order valence-corrected chi connectivity index (χ2v) is 5.84. The molecule has 17 heavy (non-hydrogen) atoms. The standard InChI is InChI=1S/C15H19NS/c1-5-14-15(17-11(4)16-14)13-8-6-12(7-9-13)10(2)3/h6-10H,5H2,1-4H3. The maximum Gasteiger partial charge on any atom is 0.0903 e. The number of benzene rings is 1. The van der Waals surface area contributed by atoms with E-state index in [2.05, 4.69) is 56.9 Å². The van der Waals surface area contributed by atoms with Crippen LogP contribution in [0.25, 0.3) is 10.4 Å². The van der Waals surface area contributed by atoms with Crippen LogP contribution in [0.3, 0.4) is 0 Å². The molecule has 0 saturated carbocycles. The van der Waals surface area contributed by atoms with E-state index in [-0.39, 0.29) is 0 Å². The van der Waals surface area contributed by atoms with Crippen LogP contribution in [0.2, 0.25) is 0 Å². The Bertz CT molecular complexity index is 494. The van der Waals surface area contributed by atoms with E-state index in [1.165, 1.54) is 21.7 Å². The first kappa shape index (κ1) is 12.3. The van der Waals surface area contributed by atoms with E-state index in [1.807, 2.05) is 0 Å². The van der Waals surface area contributed by atoms with Crippen molar-refractivity contribution in [3.8, 4) is 10.4 Å². The molecule has 0 amide bonds. The molecule has 0 unspecified atom stereocenters. The molecule has 0 aliphatic carbocycles. The smallest absolute Gasteiger partial charge is 0.0903 e. The van der Waals surface area contributed by atoms with Crippen molar-refractivity contribution in [1.82, 2.24) is 4.98 Å². The number of hydrogen-bond donors (Lipinski definition) is 0. The van der Waals surface area contributed by atoms with E-state index in [0.29, 0.717) is 5.92 Å². The highest BCUT2D eigenvalue weighted by molar-refractivity contribution is 7.15. The lowest BCUT2D eigenvalue weighted by atomic mass is 10.0. The summed E-state index contributed by atoms with van der Waals surface area (Å²) in [6.45, 7) is 8.70. The summed E-state index contributed by atoms with van der Waals surface area (Å²) in [4.78, 5) is 5.92. The van der Waals surface area contributed by atoms with Gasteiger partial charge >= 0.3 is 0 Å². The largest absolute Gasteiger partial charge is 0.246 e. The Morgan fingerprint density at radius 3 is 2.35 bits per heavy atom. The summed E-state index contributed by atoms with van der Waals surface area (Å²) in [5.41, 5.74) is 3.93. The lowest BCUT2D eigenvalue weighted by molar-refractivity contribution is 0.867. The van der Waals surface area contributed by atoms with Crippen LogP contribution >= 0.6 is 11.3 Å². The third-order valence-electron chi connectivity index (χ3n) is 2.98. The van der Waals surface area contributed by atoms with Gasteiger partial charge in [-0.1, -0.05) is 45.0 Å². The Hall–Kier alpha value is -1.15.